The zero-order valence-electron chi connectivity index (χ0n) is 26.4. The molecule has 6 N–H and O–H groups in total. The van der Waals surface area contributed by atoms with E-state index < -0.39 is 12.1 Å². The minimum Gasteiger partial charge on any atom is -0.481 e. The van der Waals surface area contributed by atoms with Gasteiger partial charge in [0.15, 0.2) is 0 Å². The molecule has 0 aromatic rings. The van der Waals surface area contributed by atoms with Crippen LogP contribution in [-0.2, 0) is 4.79 Å². The molecule has 40 heavy (non-hydrogen) atoms. The van der Waals surface area contributed by atoms with Crippen molar-refractivity contribution in [2.45, 2.75) is 116 Å². The first-order valence-electron chi connectivity index (χ1n) is 14.3. The molecule has 0 amide bonds. The van der Waals surface area contributed by atoms with Crippen LogP contribution >= 0.6 is 0 Å². The maximum atomic E-state index is 10.3. The van der Waals surface area contributed by atoms with E-state index in [1.807, 2.05) is 0 Å². The molecule has 0 aliphatic heterocycles. The second kappa shape index (κ2) is 83.3. The second-order valence-corrected chi connectivity index (χ2v) is 7.56. The van der Waals surface area contributed by atoms with Crippen LogP contribution in [0.25, 0.3) is 0 Å². The molecule has 7 heteroatoms. The number of aliphatic carboxylic acids is 1. The van der Waals surface area contributed by atoms with Gasteiger partial charge >= 0.3 is 5.97 Å². The zero-order valence-corrected chi connectivity index (χ0v) is 26.4. The molecule has 7 nitrogen and oxygen atoms in total. The van der Waals surface area contributed by atoms with Crippen molar-refractivity contribution >= 4 is 5.97 Å². The smallest absolute Gasteiger partial charge is 0.303 e. The van der Waals surface area contributed by atoms with Crippen LogP contribution in [0.2, 0.25) is 0 Å². The monoisotopic (exact) mass is 579 g/mol. The molecule has 0 aliphatic rings. The van der Waals surface area contributed by atoms with Crippen LogP contribution in [-0.4, -0.2) is 69.1 Å². The summed E-state index contributed by atoms with van der Waals surface area (Å²) < 4.78 is 0. The van der Waals surface area contributed by atoms with Gasteiger partial charge in [0.05, 0.1) is 26.4 Å². The fourth-order valence-electron chi connectivity index (χ4n) is 2.71. The van der Waals surface area contributed by atoms with Crippen molar-refractivity contribution in [3.05, 3.63) is 65.8 Å². The van der Waals surface area contributed by atoms with Crippen molar-refractivity contribution < 1.29 is 35.4 Å². The molecule has 0 atom stereocenters. The Kier molecular flexibility index (Phi) is 120. The van der Waals surface area contributed by atoms with Gasteiger partial charge in [-0.2, -0.15) is 0 Å². The first-order chi connectivity index (χ1) is 19.5. The maximum Gasteiger partial charge on any atom is 0.303 e. The number of hydrogen-bond donors (Lipinski definition) is 6. The van der Waals surface area contributed by atoms with Gasteiger partial charge in [-0.25, -0.2) is 0 Å². The fourth-order valence-corrected chi connectivity index (χ4v) is 2.71. The quantitative estimate of drug-likeness (QED) is 0.0683. The van der Waals surface area contributed by atoms with Gasteiger partial charge in [-0.05, 0) is 6.42 Å². The van der Waals surface area contributed by atoms with Crippen LogP contribution in [0.3, 0.4) is 0 Å². The molecule has 0 aromatic carbocycles. The number of carboxylic acids is 1. The molecule has 0 radical (unpaired) electrons. The third-order valence-corrected chi connectivity index (χ3v) is 4.52. The minimum atomic E-state index is -0.954. The van der Waals surface area contributed by atoms with Gasteiger partial charge in [-0.3, -0.25) is 4.79 Å². The maximum absolute atomic E-state index is 10.3. The second-order valence-electron chi connectivity index (χ2n) is 7.56. The number of carboxylic acid groups (broad SMARTS) is 1. The molecule has 0 heterocycles. The molecule has 0 fully saturated rings. The van der Waals surface area contributed by atoms with E-state index in [1.165, 1.54) is 83.5 Å². The molecule has 0 saturated heterocycles. The van der Waals surface area contributed by atoms with Crippen LogP contribution < -0.4 is 0 Å². The summed E-state index contributed by atoms with van der Waals surface area (Å²) in [5.74, 6) is -0.653. The molecule has 0 aromatic heterocycles. The highest BCUT2D eigenvalue weighted by Crippen LogP contribution is 2.13. The molecule has 0 spiro atoms. The first kappa shape index (κ1) is 57.8. The summed E-state index contributed by atoms with van der Waals surface area (Å²) in [6.07, 6.45) is 19.2. The van der Waals surface area contributed by atoms with Crippen LogP contribution in [0.15, 0.2) is 65.8 Å². The predicted molar refractivity (Wildman–Crippen MR) is 178 cm³/mol. The number of unbranched alkanes of at least 4 members (excludes halogenated alkanes) is 14. The van der Waals surface area contributed by atoms with Gasteiger partial charge in [0, 0.05) is 6.42 Å². The zero-order chi connectivity index (χ0) is 33.3. The van der Waals surface area contributed by atoms with Crippen molar-refractivity contribution in [1.29, 1.82) is 0 Å². The van der Waals surface area contributed by atoms with Gasteiger partial charge in [-0.1, -0.05) is 96.8 Å². The Morgan fingerprint density at radius 1 is 0.500 bits per heavy atom. The molecule has 244 valence electrons. The summed E-state index contributed by atoms with van der Waals surface area (Å²) in [6, 6.07) is 0. The van der Waals surface area contributed by atoms with E-state index in [0.717, 1.165) is 12.8 Å². The van der Waals surface area contributed by atoms with E-state index in [9.17, 15) is 4.79 Å². The molecule has 0 aliphatic carbocycles. The van der Waals surface area contributed by atoms with E-state index in [2.05, 4.69) is 72.7 Å². The number of rotatable bonds is 19. The molecule has 0 bridgehead atoms. The normalized spacial score (nSPS) is 8.18. The molecular formula is C33H70O7. The summed E-state index contributed by atoms with van der Waals surface area (Å²) in [5, 5.41) is 47.8. The van der Waals surface area contributed by atoms with E-state index in [1.54, 1.807) is 0 Å². The van der Waals surface area contributed by atoms with Crippen LogP contribution in [0.1, 0.15) is 110 Å². The summed E-state index contributed by atoms with van der Waals surface area (Å²) >= 11 is 0. The number of aliphatic hydroxyl groups is 5. The van der Waals surface area contributed by atoms with E-state index in [4.69, 9.17) is 30.6 Å². The highest BCUT2D eigenvalue weighted by molar-refractivity contribution is 5.66. The lowest BCUT2D eigenvalue weighted by atomic mass is 10.0. The Morgan fingerprint density at radius 2 is 0.725 bits per heavy atom. The standard InChI is InChI=1S/C18H36O2.C3H8O3.C2H6O2.5C2H4/c1-2-3-4-5-6-7-8-9-10-11-12-13-14-15-16-17-18(19)20;4-1-3(6)2-5;3-1-2-4;5*1-2/h2-17H2,1H3,(H,19,20);3-6H,1-2H2;3-4H,1-2H2;5*1-2H2. The molecule has 0 rings (SSSR count). The minimum absolute atomic E-state index is 0.125. The van der Waals surface area contributed by atoms with Crippen molar-refractivity contribution in [3.8, 4) is 0 Å². The first-order valence-corrected chi connectivity index (χ1v) is 14.3. The molecule has 0 unspecified atom stereocenters. The SMILES string of the molecule is C=C.C=C.C=C.C=C.C=C.CCCCCCCCCCCCCCCCCC(=O)O.OCC(O)CO.OCCO. The van der Waals surface area contributed by atoms with Crippen LogP contribution in [0, 0.1) is 0 Å². The Balaban J connectivity index is -0.0000000700. The van der Waals surface area contributed by atoms with Crippen molar-refractivity contribution in [3.63, 3.8) is 0 Å². The van der Waals surface area contributed by atoms with E-state index in [-0.39, 0.29) is 26.4 Å². The average Bonchev–Trinajstić information content (AvgIpc) is 3.03. The van der Waals surface area contributed by atoms with E-state index >= 15 is 0 Å². The molecular weight excluding hydrogens is 508 g/mol. The topological polar surface area (TPSA) is 138 Å². The van der Waals surface area contributed by atoms with Gasteiger partial charge in [0.25, 0.3) is 0 Å². The largest absolute Gasteiger partial charge is 0.481 e. The highest BCUT2D eigenvalue weighted by atomic mass is 16.4. The number of hydrogen-bond acceptors (Lipinski definition) is 6. The number of carbonyl (C=O) groups is 1. The van der Waals surface area contributed by atoms with Crippen molar-refractivity contribution in [2.24, 2.45) is 0 Å². The predicted octanol–water partition coefficient (Wildman–Crippen LogP) is 7.65. The van der Waals surface area contributed by atoms with Gasteiger partial charge in [0.2, 0.25) is 0 Å². The fraction of sp³-hybridized carbons (Fsp3) is 0.667. The van der Waals surface area contributed by atoms with Gasteiger partial charge in [0.1, 0.15) is 6.10 Å². The Morgan fingerprint density at radius 3 is 0.875 bits per heavy atom. The summed E-state index contributed by atoms with van der Waals surface area (Å²) in [5.41, 5.74) is 0. The Labute approximate surface area is 249 Å². The van der Waals surface area contributed by atoms with Crippen molar-refractivity contribution in [2.75, 3.05) is 26.4 Å². The summed E-state index contributed by atoms with van der Waals surface area (Å²) in [6.45, 7) is 31.3. The lowest BCUT2D eigenvalue weighted by Gasteiger charge is -2.03. The van der Waals surface area contributed by atoms with Gasteiger partial charge < -0.3 is 30.6 Å². The Bertz CT molecular complexity index is 351. The van der Waals surface area contributed by atoms with E-state index in [0.29, 0.717) is 6.42 Å². The van der Waals surface area contributed by atoms with Crippen molar-refractivity contribution in [1.82, 2.24) is 0 Å². The number of aliphatic hydroxyl groups excluding tert-OH is 5. The van der Waals surface area contributed by atoms with Crippen LogP contribution in [0.5, 0.6) is 0 Å². The Hall–Kier alpha value is -2.03. The lowest BCUT2D eigenvalue weighted by Crippen LogP contribution is -2.15. The summed E-state index contributed by atoms with van der Waals surface area (Å²) in [4.78, 5) is 10.3. The highest BCUT2D eigenvalue weighted by Gasteiger charge is 1.97. The average molecular weight is 579 g/mol. The molecule has 0 saturated carbocycles. The summed E-state index contributed by atoms with van der Waals surface area (Å²) in [7, 11) is 0. The lowest BCUT2D eigenvalue weighted by molar-refractivity contribution is -0.137. The van der Waals surface area contributed by atoms with Crippen LogP contribution in [0.4, 0.5) is 0 Å². The van der Waals surface area contributed by atoms with Gasteiger partial charge in [-0.15, -0.1) is 65.8 Å². The third kappa shape index (κ3) is 110. The third-order valence-electron chi connectivity index (χ3n) is 4.52.